The Balaban J connectivity index is 2.34. The van der Waals surface area contributed by atoms with Crippen LogP contribution >= 0.6 is 31.9 Å². The van der Waals surface area contributed by atoms with Gasteiger partial charge in [-0.2, -0.15) is 0 Å². The van der Waals surface area contributed by atoms with Crippen molar-refractivity contribution in [2.24, 2.45) is 11.3 Å². The first-order chi connectivity index (χ1) is 8.31. The Morgan fingerprint density at radius 1 is 1.39 bits per heavy atom. The molecule has 1 nitrogen and oxygen atoms in total. The highest BCUT2D eigenvalue weighted by molar-refractivity contribution is 9.09. The molecule has 18 heavy (non-hydrogen) atoms. The van der Waals surface area contributed by atoms with Crippen LogP contribution in [0.5, 0.6) is 0 Å². The SMILES string of the molecule is CC1=CC[C@H]2C(C)(C)[C@@H](Br)CC[C@]2(C)O[C@H]1CBr. The summed E-state index contributed by atoms with van der Waals surface area (Å²) >= 11 is 7.48. The summed E-state index contributed by atoms with van der Waals surface area (Å²) in [4.78, 5) is 0.598. The maximum absolute atomic E-state index is 6.51. The van der Waals surface area contributed by atoms with Gasteiger partial charge in [-0.3, -0.25) is 0 Å². The van der Waals surface area contributed by atoms with E-state index in [-0.39, 0.29) is 17.1 Å². The number of rotatable bonds is 1. The van der Waals surface area contributed by atoms with Crippen LogP contribution < -0.4 is 0 Å². The van der Waals surface area contributed by atoms with Crippen molar-refractivity contribution < 1.29 is 4.74 Å². The molecule has 1 aliphatic carbocycles. The fourth-order valence-corrected chi connectivity index (χ4v) is 4.86. The Morgan fingerprint density at radius 3 is 2.67 bits per heavy atom. The summed E-state index contributed by atoms with van der Waals surface area (Å²) in [6, 6.07) is 0. The van der Waals surface area contributed by atoms with Gasteiger partial charge in [-0.1, -0.05) is 51.8 Å². The molecular weight excluding hydrogens is 356 g/mol. The Labute approximate surface area is 128 Å². The van der Waals surface area contributed by atoms with Gasteiger partial charge in [0.1, 0.15) is 0 Å². The van der Waals surface area contributed by atoms with Gasteiger partial charge < -0.3 is 4.74 Å². The van der Waals surface area contributed by atoms with Gasteiger partial charge >= 0.3 is 0 Å². The number of allylic oxidation sites excluding steroid dienone is 1. The minimum Gasteiger partial charge on any atom is -0.367 e. The van der Waals surface area contributed by atoms with Crippen molar-refractivity contribution in [3.63, 3.8) is 0 Å². The molecule has 0 bridgehead atoms. The maximum atomic E-state index is 6.51. The molecule has 1 aliphatic heterocycles. The van der Waals surface area contributed by atoms with E-state index in [9.17, 15) is 0 Å². The second-order valence-corrected chi connectivity index (χ2v) is 8.39. The quantitative estimate of drug-likeness (QED) is 0.456. The summed E-state index contributed by atoms with van der Waals surface area (Å²) in [6.07, 6.45) is 6.13. The van der Waals surface area contributed by atoms with E-state index < -0.39 is 0 Å². The molecule has 1 fully saturated rings. The van der Waals surface area contributed by atoms with Crippen molar-refractivity contribution in [2.45, 2.75) is 63.5 Å². The molecule has 0 saturated heterocycles. The first kappa shape index (κ1) is 15.1. The van der Waals surface area contributed by atoms with Crippen LogP contribution in [0.4, 0.5) is 0 Å². The summed E-state index contributed by atoms with van der Waals surface area (Å²) in [6.45, 7) is 9.29. The number of alkyl halides is 2. The predicted molar refractivity (Wildman–Crippen MR) is 84.7 cm³/mol. The second-order valence-electron chi connectivity index (χ2n) is 6.64. The molecule has 0 unspecified atom stereocenters. The van der Waals surface area contributed by atoms with Crippen molar-refractivity contribution in [3.05, 3.63) is 11.6 Å². The van der Waals surface area contributed by atoms with Gasteiger partial charge in [0.15, 0.2) is 0 Å². The van der Waals surface area contributed by atoms with Gasteiger partial charge in [-0.05, 0) is 50.0 Å². The third-order valence-electron chi connectivity index (χ3n) is 5.07. The molecule has 0 aromatic heterocycles. The minimum absolute atomic E-state index is 0.0144. The number of halogens is 2. The van der Waals surface area contributed by atoms with E-state index in [1.807, 2.05) is 0 Å². The molecule has 0 amide bonds. The Kier molecular flexibility index (Phi) is 4.36. The van der Waals surface area contributed by atoms with Gasteiger partial charge in [0.25, 0.3) is 0 Å². The predicted octanol–water partition coefficient (Wildman–Crippen LogP) is 5.07. The van der Waals surface area contributed by atoms with Gasteiger partial charge in [-0.15, -0.1) is 0 Å². The maximum Gasteiger partial charge on any atom is 0.0886 e. The molecule has 4 atom stereocenters. The van der Waals surface area contributed by atoms with Gasteiger partial charge in [0.2, 0.25) is 0 Å². The molecule has 2 aliphatic rings. The first-order valence-corrected chi connectivity index (χ1v) is 8.89. The Hall–Kier alpha value is 0.660. The van der Waals surface area contributed by atoms with Crippen molar-refractivity contribution in [1.82, 2.24) is 0 Å². The number of ether oxygens (including phenoxy) is 1. The third kappa shape index (κ3) is 2.47. The van der Waals surface area contributed by atoms with Crippen LogP contribution in [0, 0.1) is 11.3 Å². The van der Waals surface area contributed by atoms with Crippen molar-refractivity contribution in [3.8, 4) is 0 Å². The molecule has 3 heteroatoms. The first-order valence-electron chi connectivity index (χ1n) is 6.86. The van der Waals surface area contributed by atoms with Crippen LogP contribution in [0.1, 0.15) is 47.0 Å². The highest BCUT2D eigenvalue weighted by atomic mass is 79.9. The molecule has 0 aromatic rings. The molecule has 0 aromatic carbocycles. The fourth-order valence-electron chi connectivity index (χ4n) is 3.67. The van der Waals surface area contributed by atoms with Gasteiger partial charge in [-0.25, -0.2) is 0 Å². The summed E-state index contributed by atoms with van der Waals surface area (Å²) in [7, 11) is 0. The molecule has 0 spiro atoms. The molecule has 104 valence electrons. The summed E-state index contributed by atoms with van der Waals surface area (Å²) < 4.78 is 6.51. The zero-order chi connectivity index (χ0) is 13.6. The van der Waals surface area contributed by atoms with E-state index in [1.54, 1.807) is 0 Å². The van der Waals surface area contributed by atoms with E-state index in [1.165, 1.54) is 12.0 Å². The highest BCUT2D eigenvalue weighted by Gasteiger charge is 2.52. The van der Waals surface area contributed by atoms with E-state index in [4.69, 9.17) is 4.74 Å². The van der Waals surface area contributed by atoms with Gasteiger partial charge in [0, 0.05) is 10.2 Å². The van der Waals surface area contributed by atoms with Crippen LogP contribution in [0.25, 0.3) is 0 Å². The lowest BCUT2D eigenvalue weighted by molar-refractivity contribution is -0.143. The Morgan fingerprint density at radius 2 is 2.06 bits per heavy atom. The molecular formula is C15H24Br2O. The van der Waals surface area contributed by atoms with Crippen LogP contribution in [-0.2, 0) is 4.74 Å². The van der Waals surface area contributed by atoms with E-state index in [0.29, 0.717) is 10.7 Å². The summed E-state index contributed by atoms with van der Waals surface area (Å²) in [5.41, 5.74) is 1.68. The van der Waals surface area contributed by atoms with Crippen molar-refractivity contribution in [1.29, 1.82) is 0 Å². The monoisotopic (exact) mass is 378 g/mol. The highest BCUT2D eigenvalue weighted by Crippen LogP contribution is 2.53. The number of hydrogen-bond donors (Lipinski definition) is 0. The minimum atomic E-state index is 0.0144. The van der Waals surface area contributed by atoms with Crippen LogP contribution in [-0.4, -0.2) is 21.9 Å². The van der Waals surface area contributed by atoms with E-state index >= 15 is 0 Å². The molecule has 0 N–H and O–H groups in total. The van der Waals surface area contributed by atoms with Crippen LogP contribution in [0.3, 0.4) is 0 Å². The lowest BCUT2D eigenvalue weighted by Crippen LogP contribution is -2.53. The zero-order valence-corrected chi connectivity index (χ0v) is 15.0. The zero-order valence-electron chi connectivity index (χ0n) is 11.8. The molecule has 2 rings (SSSR count). The second kappa shape index (κ2) is 5.21. The topological polar surface area (TPSA) is 9.23 Å². The molecule has 1 saturated carbocycles. The summed E-state index contributed by atoms with van der Waals surface area (Å²) in [5.74, 6) is 0.585. The van der Waals surface area contributed by atoms with Crippen molar-refractivity contribution >= 4 is 31.9 Å². The lowest BCUT2D eigenvalue weighted by Gasteiger charge is -2.52. The van der Waals surface area contributed by atoms with Crippen molar-refractivity contribution in [2.75, 3.05) is 5.33 Å². The standard InChI is InChI=1S/C15H24Br2O/c1-10-5-6-12-14(2,3)13(17)7-8-15(12,4)18-11(10)9-16/h5,11-13H,6-9H2,1-4H3/t11-,12-,13-,15-/m0/s1. The molecule has 1 heterocycles. The average molecular weight is 380 g/mol. The normalized spacial score (nSPS) is 43.9. The van der Waals surface area contributed by atoms with Crippen LogP contribution in [0.15, 0.2) is 11.6 Å². The lowest BCUT2D eigenvalue weighted by atomic mass is 9.60. The number of hydrogen-bond acceptors (Lipinski definition) is 1. The largest absolute Gasteiger partial charge is 0.367 e. The third-order valence-corrected chi connectivity index (χ3v) is 7.30. The van der Waals surface area contributed by atoms with E-state index in [2.05, 4.69) is 65.6 Å². The Bertz CT molecular complexity index is 350. The summed E-state index contributed by atoms with van der Waals surface area (Å²) in [5, 5.41) is 0.899. The van der Waals surface area contributed by atoms with E-state index in [0.717, 1.165) is 18.2 Å². The molecule has 0 radical (unpaired) electrons. The fraction of sp³-hybridized carbons (Fsp3) is 0.867. The number of fused-ring (bicyclic) bond motifs is 1. The smallest absolute Gasteiger partial charge is 0.0886 e. The van der Waals surface area contributed by atoms with Gasteiger partial charge in [0.05, 0.1) is 11.7 Å². The van der Waals surface area contributed by atoms with Crippen LogP contribution in [0.2, 0.25) is 0 Å². The average Bonchev–Trinajstić information content (AvgIpc) is 2.43.